The Morgan fingerprint density at radius 1 is 0.972 bits per heavy atom. The minimum Gasteiger partial charge on any atom is -0.497 e. The maximum Gasteiger partial charge on any atom is 0.295 e. The average Bonchev–Trinajstić information content (AvgIpc) is 3.20. The van der Waals surface area contributed by atoms with Gasteiger partial charge >= 0.3 is 0 Å². The first-order valence-corrected chi connectivity index (χ1v) is 11.4. The fourth-order valence-electron chi connectivity index (χ4n) is 4.53. The molecule has 1 aliphatic rings. The summed E-state index contributed by atoms with van der Waals surface area (Å²) in [6.07, 6.45) is 1.64. The summed E-state index contributed by atoms with van der Waals surface area (Å²) in [5.74, 6) is 1.29. The van der Waals surface area contributed by atoms with Crippen LogP contribution < -0.4 is 24.5 Å². The van der Waals surface area contributed by atoms with Gasteiger partial charge in [0.25, 0.3) is 5.91 Å². The third kappa shape index (κ3) is 3.79. The molecule has 5 rings (SSSR count). The molecule has 0 aliphatic carbocycles. The Bertz CT molecular complexity index is 1540. The van der Waals surface area contributed by atoms with Crippen LogP contribution in [0.2, 0.25) is 0 Å². The zero-order valence-corrected chi connectivity index (χ0v) is 20.2. The van der Waals surface area contributed by atoms with Crippen molar-refractivity contribution in [2.75, 3.05) is 25.7 Å². The SMILES string of the molecule is C=CCOc1ccc(C2c3c(oc4ccc(C)cc4c3=O)C(=O)N2c2ccc(OC)cc2)cc1OC. The van der Waals surface area contributed by atoms with Crippen LogP contribution in [-0.2, 0) is 0 Å². The summed E-state index contributed by atoms with van der Waals surface area (Å²) in [5, 5.41) is 0.432. The second-order valence-electron chi connectivity index (χ2n) is 8.46. The second-order valence-corrected chi connectivity index (χ2v) is 8.46. The summed E-state index contributed by atoms with van der Waals surface area (Å²) in [5.41, 5.74) is 2.63. The predicted molar refractivity (Wildman–Crippen MR) is 138 cm³/mol. The number of nitrogens with zero attached hydrogens (tertiary/aromatic N) is 1. The van der Waals surface area contributed by atoms with Gasteiger partial charge < -0.3 is 18.6 Å². The molecule has 0 N–H and O–H groups in total. The molecule has 3 aromatic carbocycles. The molecule has 0 bridgehead atoms. The highest BCUT2D eigenvalue weighted by molar-refractivity contribution is 6.10. The second kappa shape index (κ2) is 9.26. The van der Waals surface area contributed by atoms with Crippen molar-refractivity contribution in [1.82, 2.24) is 0 Å². The lowest BCUT2D eigenvalue weighted by Gasteiger charge is -2.26. The van der Waals surface area contributed by atoms with Crippen molar-refractivity contribution in [3.63, 3.8) is 0 Å². The Labute approximate surface area is 208 Å². The van der Waals surface area contributed by atoms with Crippen LogP contribution in [0.15, 0.2) is 82.5 Å². The molecule has 1 atom stereocenters. The lowest BCUT2D eigenvalue weighted by Crippen LogP contribution is -2.29. The number of amides is 1. The van der Waals surface area contributed by atoms with Crippen LogP contribution in [0.25, 0.3) is 11.0 Å². The number of hydrogen-bond donors (Lipinski definition) is 0. The van der Waals surface area contributed by atoms with Crippen LogP contribution in [-0.4, -0.2) is 26.7 Å². The fraction of sp³-hybridized carbons (Fsp3) is 0.172. The van der Waals surface area contributed by atoms with Gasteiger partial charge in [-0.15, -0.1) is 0 Å². The van der Waals surface area contributed by atoms with Gasteiger partial charge in [0.2, 0.25) is 5.76 Å². The van der Waals surface area contributed by atoms with E-state index in [-0.39, 0.29) is 16.8 Å². The highest BCUT2D eigenvalue weighted by atomic mass is 16.5. The third-order valence-corrected chi connectivity index (χ3v) is 6.24. The molecule has 7 heteroatoms. The molecular formula is C29H25NO6. The number of carbonyl (C=O) groups excluding carboxylic acids is 1. The normalized spacial score (nSPS) is 14.6. The summed E-state index contributed by atoms with van der Waals surface area (Å²) in [4.78, 5) is 29.1. The highest BCUT2D eigenvalue weighted by Crippen LogP contribution is 2.43. The number of fused-ring (bicyclic) bond motifs is 2. The minimum atomic E-state index is -0.732. The molecule has 1 aliphatic heterocycles. The van der Waals surface area contributed by atoms with E-state index in [4.69, 9.17) is 18.6 Å². The average molecular weight is 484 g/mol. The van der Waals surface area contributed by atoms with Gasteiger partial charge in [-0.3, -0.25) is 14.5 Å². The van der Waals surface area contributed by atoms with E-state index in [1.54, 1.807) is 73.7 Å². The van der Waals surface area contributed by atoms with E-state index in [1.165, 1.54) is 0 Å². The van der Waals surface area contributed by atoms with Crippen molar-refractivity contribution in [2.24, 2.45) is 0 Å². The van der Waals surface area contributed by atoms with Crippen molar-refractivity contribution in [2.45, 2.75) is 13.0 Å². The van der Waals surface area contributed by atoms with Crippen LogP contribution in [0.5, 0.6) is 17.2 Å². The molecule has 0 radical (unpaired) electrons. The molecule has 0 fully saturated rings. The van der Waals surface area contributed by atoms with Gasteiger partial charge in [0.15, 0.2) is 16.9 Å². The number of anilines is 1. The van der Waals surface area contributed by atoms with Crippen molar-refractivity contribution in [3.05, 3.63) is 106 Å². The molecule has 1 amide bonds. The largest absolute Gasteiger partial charge is 0.497 e. The smallest absolute Gasteiger partial charge is 0.295 e. The minimum absolute atomic E-state index is 0.0307. The molecule has 1 aromatic heterocycles. The summed E-state index contributed by atoms with van der Waals surface area (Å²) in [6.45, 7) is 5.90. The Kier molecular flexibility index (Phi) is 5.98. The van der Waals surface area contributed by atoms with E-state index < -0.39 is 11.9 Å². The molecule has 1 unspecified atom stereocenters. The van der Waals surface area contributed by atoms with Gasteiger partial charge in [0, 0.05) is 5.69 Å². The van der Waals surface area contributed by atoms with E-state index >= 15 is 0 Å². The zero-order chi connectivity index (χ0) is 25.4. The van der Waals surface area contributed by atoms with Gasteiger partial charge in [-0.25, -0.2) is 0 Å². The molecule has 2 heterocycles. The Morgan fingerprint density at radius 3 is 2.44 bits per heavy atom. The van der Waals surface area contributed by atoms with Crippen LogP contribution >= 0.6 is 0 Å². The summed E-state index contributed by atoms with van der Waals surface area (Å²) < 4.78 is 22.6. The van der Waals surface area contributed by atoms with E-state index in [2.05, 4.69) is 6.58 Å². The van der Waals surface area contributed by atoms with Crippen LogP contribution in [0.1, 0.15) is 33.3 Å². The van der Waals surface area contributed by atoms with Crippen molar-refractivity contribution in [1.29, 1.82) is 0 Å². The molecule has 7 nitrogen and oxygen atoms in total. The Hall–Kier alpha value is -4.52. The first-order chi connectivity index (χ1) is 17.5. The summed E-state index contributed by atoms with van der Waals surface area (Å²) in [6, 6.07) is 17.1. The number of benzene rings is 3. The maximum absolute atomic E-state index is 13.8. The number of carbonyl (C=O) groups is 1. The van der Waals surface area contributed by atoms with Gasteiger partial charge in [-0.05, 0) is 61.0 Å². The molecule has 36 heavy (non-hydrogen) atoms. The molecule has 0 saturated heterocycles. The first-order valence-electron chi connectivity index (χ1n) is 11.4. The first kappa shape index (κ1) is 23.2. The number of hydrogen-bond acceptors (Lipinski definition) is 6. The number of methoxy groups -OCH3 is 2. The van der Waals surface area contributed by atoms with E-state index in [0.29, 0.717) is 46.1 Å². The van der Waals surface area contributed by atoms with Gasteiger partial charge in [-0.2, -0.15) is 0 Å². The molecular weight excluding hydrogens is 458 g/mol. The van der Waals surface area contributed by atoms with E-state index in [1.807, 2.05) is 19.1 Å². The zero-order valence-electron chi connectivity index (χ0n) is 20.2. The van der Waals surface area contributed by atoms with Crippen molar-refractivity contribution >= 4 is 22.6 Å². The number of aryl methyl sites for hydroxylation is 1. The molecule has 0 spiro atoms. The van der Waals surface area contributed by atoms with E-state index in [9.17, 15) is 9.59 Å². The summed E-state index contributed by atoms with van der Waals surface area (Å²) >= 11 is 0. The van der Waals surface area contributed by atoms with Crippen molar-refractivity contribution in [3.8, 4) is 17.2 Å². The standard InChI is InChI=1S/C29H25NO6/c1-5-14-35-23-13-7-18(16-24(23)34-4)26-25-27(31)21-15-17(2)6-12-22(21)36-28(25)29(32)30(26)19-8-10-20(33-3)11-9-19/h5-13,15-16,26H,1,14H2,2-4H3. The lowest BCUT2D eigenvalue weighted by atomic mass is 9.97. The Morgan fingerprint density at radius 2 is 1.75 bits per heavy atom. The Balaban J connectivity index is 1.75. The molecule has 4 aromatic rings. The maximum atomic E-state index is 13.8. The molecule has 0 saturated carbocycles. The van der Waals surface area contributed by atoms with Crippen LogP contribution in [0.4, 0.5) is 5.69 Å². The van der Waals surface area contributed by atoms with Crippen molar-refractivity contribution < 1.29 is 23.4 Å². The van der Waals surface area contributed by atoms with Crippen LogP contribution in [0.3, 0.4) is 0 Å². The lowest BCUT2D eigenvalue weighted by molar-refractivity contribution is 0.0971. The van der Waals surface area contributed by atoms with Gasteiger partial charge in [0.05, 0.1) is 31.2 Å². The summed E-state index contributed by atoms with van der Waals surface area (Å²) in [7, 11) is 3.12. The fourth-order valence-corrected chi connectivity index (χ4v) is 4.53. The van der Waals surface area contributed by atoms with Gasteiger partial charge in [-0.1, -0.05) is 30.4 Å². The van der Waals surface area contributed by atoms with Crippen LogP contribution in [0, 0.1) is 6.92 Å². The topological polar surface area (TPSA) is 78.2 Å². The van der Waals surface area contributed by atoms with Gasteiger partial charge in [0.1, 0.15) is 17.9 Å². The quantitative estimate of drug-likeness (QED) is 0.326. The molecule has 182 valence electrons. The highest BCUT2D eigenvalue weighted by Gasteiger charge is 2.44. The number of rotatable bonds is 7. The number of ether oxygens (including phenoxy) is 3. The third-order valence-electron chi connectivity index (χ3n) is 6.24. The monoisotopic (exact) mass is 483 g/mol. The predicted octanol–water partition coefficient (Wildman–Crippen LogP) is 5.43. The van der Waals surface area contributed by atoms with E-state index in [0.717, 1.165) is 5.56 Å².